The molecule has 0 aromatic heterocycles. The monoisotopic (exact) mass is 263 g/mol. The molecule has 2 aliphatic rings. The Bertz CT molecular complexity index is 529. The van der Waals surface area contributed by atoms with Crippen LogP contribution in [0.3, 0.4) is 0 Å². The Morgan fingerprint density at radius 1 is 1.39 bits per heavy atom. The smallest absolute Gasteiger partial charge is 0.338 e. The second-order valence-corrected chi connectivity index (χ2v) is 5.00. The SMILES string of the molecule is O=C1OCc2c1cccc2N1CC(CS)CC1=O. The van der Waals surface area contributed by atoms with E-state index in [0.29, 0.717) is 24.3 Å². The van der Waals surface area contributed by atoms with Gasteiger partial charge in [-0.1, -0.05) is 6.07 Å². The number of rotatable bonds is 2. The quantitative estimate of drug-likeness (QED) is 0.652. The Balaban J connectivity index is 1.99. The van der Waals surface area contributed by atoms with Crippen molar-refractivity contribution in [1.82, 2.24) is 0 Å². The lowest BCUT2D eigenvalue weighted by atomic mass is 10.1. The number of fused-ring (bicyclic) bond motifs is 1. The predicted molar refractivity (Wildman–Crippen MR) is 69.9 cm³/mol. The average molecular weight is 263 g/mol. The molecule has 0 saturated carbocycles. The Hall–Kier alpha value is -1.49. The van der Waals surface area contributed by atoms with E-state index in [9.17, 15) is 9.59 Å². The molecule has 2 aliphatic heterocycles. The number of carbonyl (C=O) groups excluding carboxylic acids is 2. The van der Waals surface area contributed by atoms with Gasteiger partial charge in [0.15, 0.2) is 0 Å². The topological polar surface area (TPSA) is 46.6 Å². The van der Waals surface area contributed by atoms with Gasteiger partial charge in [-0.15, -0.1) is 0 Å². The molecule has 0 radical (unpaired) electrons. The zero-order valence-corrected chi connectivity index (χ0v) is 10.7. The van der Waals surface area contributed by atoms with Gasteiger partial charge >= 0.3 is 5.97 Å². The van der Waals surface area contributed by atoms with Crippen molar-refractivity contribution in [2.24, 2.45) is 5.92 Å². The van der Waals surface area contributed by atoms with Crippen molar-refractivity contribution < 1.29 is 14.3 Å². The van der Waals surface area contributed by atoms with Crippen molar-refractivity contribution in [2.75, 3.05) is 17.2 Å². The number of thiol groups is 1. The standard InChI is InChI=1S/C13H13NO3S/c15-12-4-8(7-18)5-14(12)11-3-1-2-9-10(11)6-17-13(9)16/h1-3,8,18H,4-7H2. The fourth-order valence-electron chi connectivity index (χ4n) is 2.52. The normalized spacial score (nSPS) is 22.3. The highest BCUT2D eigenvalue weighted by atomic mass is 32.1. The van der Waals surface area contributed by atoms with E-state index in [1.54, 1.807) is 17.0 Å². The molecule has 0 spiro atoms. The van der Waals surface area contributed by atoms with E-state index in [1.165, 1.54) is 0 Å². The molecule has 94 valence electrons. The second kappa shape index (κ2) is 4.31. The third kappa shape index (κ3) is 1.70. The minimum atomic E-state index is -0.302. The molecule has 1 amide bonds. The zero-order chi connectivity index (χ0) is 12.7. The molecular weight excluding hydrogens is 250 g/mol. The second-order valence-electron chi connectivity index (χ2n) is 4.64. The van der Waals surface area contributed by atoms with Crippen molar-refractivity contribution >= 4 is 30.2 Å². The third-order valence-corrected chi connectivity index (χ3v) is 3.99. The Morgan fingerprint density at radius 3 is 2.94 bits per heavy atom. The van der Waals surface area contributed by atoms with Crippen molar-refractivity contribution in [3.05, 3.63) is 29.3 Å². The van der Waals surface area contributed by atoms with Crippen LogP contribution >= 0.6 is 12.6 Å². The highest BCUT2D eigenvalue weighted by Crippen LogP contribution is 2.33. The molecule has 0 N–H and O–H groups in total. The molecule has 1 atom stereocenters. The summed E-state index contributed by atoms with van der Waals surface area (Å²) >= 11 is 4.25. The molecule has 1 fully saturated rings. The Labute approximate surface area is 110 Å². The summed E-state index contributed by atoms with van der Waals surface area (Å²) in [4.78, 5) is 25.2. The summed E-state index contributed by atoms with van der Waals surface area (Å²) in [5.41, 5.74) is 2.22. The number of carbonyl (C=O) groups is 2. The van der Waals surface area contributed by atoms with Gasteiger partial charge in [0.1, 0.15) is 6.61 Å². The summed E-state index contributed by atoms with van der Waals surface area (Å²) in [5, 5.41) is 0. The van der Waals surface area contributed by atoms with E-state index < -0.39 is 0 Å². The van der Waals surface area contributed by atoms with E-state index in [-0.39, 0.29) is 24.4 Å². The molecule has 4 nitrogen and oxygen atoms in total. The lowest BCUT2D eigenvalue weighted by Crippen LogP contribution is -2.25. The molecule has 1 aromatic carbocycles. The largest absolute Gasteiger partial charge is 0.457 e. The number of cyclic esters (lactones) is 1. The van der Waals surface area contributed by atoms with Crippen LogP contribution in [0.5, 0.6) is 0 Å². The molecule has 1 unspecified atom stereocenters. The van der Waals surface area contributed by atoms with Crippen LogP contribution in [-0.4, -0.2) is 24.2 Å². The number of anilines is 1. The van der Waals surface area contributed by atoms with Gasteiger partial charge in [0.2, 0.25) is 5.91 Å². The average Bonchev–Trinajstić information content (AvgIpc) is 2.93. The van der Waals surface area contributed by atoms with Gasteiger partial charge in [0, 0.05) is 18.5 Å². The van der Waals surface area contributed by atoms with E-state index >= 15 is 0 Å². The summed E-state index contributed by atoms with van der Waals surface area (Å²) in [6.45, 7) is 0.937. The van der Waals surface area contributed by atoms with Gasteiger partial charge < -0.3 is 9.64 Å². The van der Waals surface area contributed by atoms with Crippen molar-refractivity contribution in [3.8, 4) is 0 Å². The summed E-state index contributed by atoms with van der Waals surface area (Å²) < 4.78 is 5.02. The van der Waals surface area contributed by atoms with E-state index in [4.69, 9.17) is 4.74 Å². The number of ether oxygens (including phenoxy) is 1. The number of nitrogens with zero attached hydrogens (tertiary/aromatic N) is 1. The summed E-state index contributed by atoms with van der Waals surface area (Å²) in [6.07, 6.45) is 0.530. The first-order chi connectivity index (χ1) is 8.70. The van der Waals surface area contributed by atoms with Crippen LogP contribution in [0.1, 0.15) is 22.3 Å². The first-order valence-electron chi connectivity index (χ1n) is 5.91. The van der Waals surface area contributed by atoms with Gasteiger partial charge in [-0.05, 0) is 23.8 Å². The molecule has 1 saturated heterocycles. The zero-order valence-electron chi connectivity index (χ0n) is 9.76. The molecule has 3 rings (SSSR count). The third-order valence-electron chi connectivity index (χ3n) is 3.47. The minimum absolute atomic E-state index is 0.0989. The number of hydrogen-bond donors (Lipinski definition) is 1. The molecule has 0 bridgehead atoms. The van der Waals surface area contributed by atoms with Crippen LogP contribution in [0.25, 0.3) is 0 Å². The number of esters is 1. The summed E-state index contributed by atoms with van der Waals surface area (Å²) in [7, 11) is 0. The maximum atomic E-state index is 12.0. The summed E-state index contributed by atoms with van der Waals surface area (Å²) in [6, 6.07) is 5.41. The van der Waals surface area contributed by atoms with Crippen LogP contribution in [-0.2, 0) is 16.1 Å². The van der Waals surface area contributed by atoms with Crippen LogP contribution in [0.4, 0.5) is 5.69 Å². The first kappa shape index (κ1) is 11.6. The van der Waals surface area contributed by atoms with Gasteiger partial charge in [-0.25, -0.2) is 4.79 Å². The maximum Gasteiger partial charge on any atom is 0.338 e. The van der Waals surface area contributed by atoms with Gasteiger partial charge in [0.25, 0.3) is 0 Å². The lowest BCUT2D eigenvalue weighted by molar-refractivity contribution is -0.117. The minimum Gasteiger partial charge on any atom is -0.457 e. The van der Waals surface area contributed by atoms with Crippen molar-refractivity contribution in [2.45, 2.75) is 13.0 Å². The van der Waals surface area contributed by atoms with Crippen molar-refractivity contribution in [3.63, 3.8) is 0 Å². The maximum absolute atomic E-state index is 12.0. The molecule has 0 aliphatic carbocycles. The number of amides is 1. The highest BCUT2D eigenvalue weighted by Gasteiger charge is 2.33. The molecule has 18 heavy (non-hydrogen) atoms. The van der Waals surface area contributed by atoms with Crippen LogP contribution in [0.2, 0.25) is 0 Å². The number of benzene rings is 1. The molecular formula is C13H13NO3S. The van der Waals surface area contributed by atoms with E-state index in [0.717, 1.165) is 11.3 Å². The van der Waals surface area contributed by atoms with E-state index in [1.807, 2.05) is 6.07 Å². The lowest BCUT2D eigenvalue weighted by Gasteiger charge is -2.18. The van der Waals surface area contributed by atoms with Crippen LogP contribution in [0, 0.1) is 5.92 Å². The first-order valence-corrected chi connectivity index (χ1v) is 6.54. The number of hydrogen-bond acceptors (Lipinski definition) is 4. The van der Waals surface area contributed by atoms with E-state index in [2.05, 4.69) is 12.6 Å². The van der Waals surface area contributed by atoms with Crippen LogP contribution in [0.15, 0.2) is 18.2 Å². The van der Waals surface area contributed by atoms with Crippen LogP contribution < -0.4 is 4.90 Å². The molecule has 2 heterocycles. The molecule has 5 heteroatoms. The van der Waals surface area contributed by atoms with Gasteiger partial charge in [-0.3, -0.25) is 4.79 Å². The highest BCUT2D eigenvalue weighted by molar-refractivity contribution is 7.80. The van der Waals surface area contributed by atoms with Crippen molar-refractivity contribution in [1.29, 1.82) is 0 Å². The Kier molecular flexibility index (Phi) is 2.78. The van der Waals surface area contributed by atoms with Gasteiger partial charge in [-0.2, -0.15) is 12.6 Å². The fraction of sp³-hybridized carbons (Fsp3) is 0.385. The fourth-order valence-corrected chi connectivity index (χ4v) is 2.77. The molecule has 1 aromatic rings. The predicted octanol–water partition coefficient (Wildman–Crippen LogP) is 1.64. The Morgan fingerprint density at radius 2 is 2.22 bits per heavy atom. The van der Waals surface area contributed by atoms with Gasteiger partial charge in [0.05, 0.1) is 11.3 Å². The summed E-state index contributed by atoms with van der Waals surface area (Å²) in [5.74, 6) is 0.785.